The van der Waals surface area contributed by atoms with Gasteiger partial charge in [0.05, 0.1) is 16.7 Å². The van der Waals surface area contributed by atoms with Gasteiger partial charge in [0.1, 0.15) is 0 Å². The Kier molecular flexibility index (Phi) is 7.21. The van der Waals surface area contributed by atoms with E-state index < -0.39 is 0 Å². The maximum atomic E-state index is 12.7. The van der Waals surface area contributed by atoms with Gasteiger partial charge in [0.15, 0.2) is 0 Å². The molecule has 1 aliphatic rings. The smallest absolute Gasteiger partial charge is 0.223 e. The van der Waals surface area contributed by atoms with Crippen molar-refractivity contribution in [2.24, 2.45) is 5.92 Å². The Hall–Kier alpha value is -1.76. The molecule has 0 saturated carbocycles. The molecule has 1 amide bonds. The standard InChI is InChI=1S/C22H32N4OS/c1-16-5-7-18(8-6-16)21(25(3)4)13-23-22(27)19-9-11-26(12-10-19)14-20-15-28-17(2)24-20/h5-8,15,19,21H,9-14H2,1-4H3,(H,23,27). The Morgan fingerprint density at radius 2 is 1.93 bits per heavy atom. The minimum absolute atomic E-state index is 0.120. The predicted molar refractivity (Wildman–Crippen MR) is 115 cm³/mol. The van der Waals surface area contributed by atoms with Crippen molar-refractivity contribution in [3.8, 4) is 0 Å². The monoisotopic (exact) mass is 400 g/mol. The first-order chi connectivity index (χ1) is 13.4. The number of carbonyl (C=O) groups is 1. The summed E-state index contributed by atoms with van der Waals surface area (Å²) in [6.45, 7) is 7.61. The molecule has 1 saturated heterocycles. The molecule has 1 N–H and O–H groups in total. The van der Waals surface area contributed by atoms with E-state index in [-0.39, 0.29) is 17.9 Å². The third-order valence-electron chi connectivity index (χ3n) is 5.57. The van der Waals surface area contributed by atoms with E-state index in [9.17, 15) is 4.79 Å². The summed E-state index contributed by atoms with van der Waals surface area (Å²) >= 11 is 1.70. The number of rotatable bonds is 7. The first-order valence-electron chi connectivity index (χ1n) is 10.1. The number of benzene rings is 1. The van der Waals surface area contributed by atoms with Crippen LogP contribution in [0.5, 0.6) is 0 Å². The number of piperidine rings is 1. The van der Waals surface area contributed by atoms with Crippen LogP contribution in [-0.4, -0.2) is 54.4 Å². The highest BCUT2D eigenvalue weighted by Gasteiger charge is 2.26. The summed E-state index contributed by atoms with van der Waals surface area (Å²) in [6.07, 6.45) is 1.85. The largest absolute Gasteiger partial charge is 0.354 e. The molecule has 2 aromatic rings. The van der Waals surface area contributed by atoms with E-state index in [1.807, 2.05) is 6.92 Å². The normalized spacial score (nSPS) is 17.0. The first kappa shape index (κ1) is 21.0. The van der Waals surface area contributed by atoms with Crippen LogP contribution in [-0.2, 0) is 11.3 Å². The van der Waals surface area contributed by atoms with Crippen molar-refractivity contribution in [1.29, 1.82) is 0 Å². The lowest BCUT2D eigenvalue weighted by Crippen LogP contribution is -2.42. The van der Waals surface area contributed by atoms with Crippen molar-refractivity contribution >= 4 is 17.2 Å². The summed E-state index contributed by atoms with van der Waals surface area (Å²) in [5.74, 6) is 0.317. The molecule has 1 unspecified atom stereocenters. The summed E-state index contributed by atoms with van der Waals surface area (Å²) < 4.78 is 0. The molecule has 1 atom stereocenters. The van der Waals surface area contributed by atoms with Crippen molar-refractivity contribution < 1.29 is 4.79 Å². The number of nitrogens with one attached hydrogen (secondary N) is 1. The van der Waals surface area contributed by atoms with E-state index in [4.69, 9.17) is 0 Å². The number of likely N-dealkylation sites (N-methyl/N-ethyl adjacent to an activating group) is 1. The quantitative estimate of drug-likeness (QED) is 0.774. The Labute approximate surface area is 172 Å². The highest BCUT2D eigenvalue weighted by atomic mass is 32.1. The molecule has 152 valence electrons. The second-order valence-corrected chi connectivity index (χ2v) is 9.11. The third kappa shape index (κ3) is 5.63. The van der Waals surface area contributed by atoms with E-state index in [2.05, 4.69) is 70.8 Å². The number of amides is 1. The van der Waals surface area contributed by atoms with Crippen LogP contribution in [0.4, 0.5) is 0 Å². The second kappa shape index (κ2) is 9.63. The lowest BCUT2D eigenvalue weighted by Gasteiger charge is -2.31. The molecule has 0 radical (unpaired) electrons. The number of aryl methyl sites for hydroxylation is 2. The Balaban J connectivity index is 1.47. The molecule has 1 aromatic carbocycles. The van der Waals surface area contributed by atoms with Crippen LogP contribution in [0.25, 0.3) is 0 Å². The number of likely N-dealkylation sites (tertiary alicyclic amines) is 1. The molecule has 0 spiro atoms. The summed E-state index contributed by atoms with van der Waals surface area (Å²) in [5.41, 5.74) is 3.64. The van der Waals surface area contributed by atoms with E-state index in [0.717, 1.165) is 43.2 Å². The van der Waals surface area contributed by atoms with Gasteiger partial charge in [-0.25, -0.2) is 4.98 Å². The number of carbonyl (C=O) groups excluding carboxylic acids is 1. The zero-order chi connectivity index (χ0) is 20.1. The van der Waals surface area contributed by atoms with Gasteiger partial charge >= 0.3 is 0 Å². The van der Waals surface area contributed by atoms with Crippen LogP contribution >= 0.6 is 11.3 Å². The average molecular weight is 401 g/mol. The Morgan fingerprint density at radius 1 is 1.25 bits per heavy atom. The molecule has 2 heterocycles. The van der Waals surface area contributed by atoms with Crippen LogP contribution in [0.15, 0.2) is 29.6 Å². The van der Waals surface area contributed by atoms with Gasteiger partial charge in [-0.2, -0.15) is 0 Å². The number of aromatic nitrogens is 1. The van der Waals surface area contributed by atoms with Gasteiger partial charge in [0.2, 0.25) is 5.91 Å². The fourth-order valence-electron chi connectivity index (χ4n) is 3.79. The Morgan fingerprint density at radius 3 is 2.50 bits per heavy atom. The van der Waals surface area contributed by atoms with Gasteiger partial charge in [-0.15, -0.1) is 11.3 Å². The van der Waals surface area contributed by atoms with Gasteiger partial charge < -0.3 is 10.2 Å². The number of hydrogen-bond donors (Lipinski definition) is 1. The molecule has 28 heavy (non-hydrogen) atoms. The lowest BCUT2D eigenvalue weighted by molar-refractivity contribution is -0.126. The molecule has 0 bridgehead atoms. The van der Waals surface area contributed by atoms with Crippen molar-refractivity contribution in [1.82, 2.24) is 20.1 Å². The van der Waals surface area contributed by atoms with Gasteiger partial charge in [-0.1, -0.05) is 29.8 Å². The minimum atomic E-state index is 0.120. The fraction of sp³-hybridized carbons (Fsp3) is 0.545. The summed E-state index contributed by atoms with van der Waals surface area (Å²) in [5, 5.41) is 6.46. The van der Waals surface area contributed by atoms with E-state index in [1.54, 1.807) is 11.3 Å². The van der Waals surface area contributed by atoms with Crippen LogP contribution in [0, 0.1) is 19.8 Å². The summed E-state index contributed by atoms with van der Waals surface area (Å²) in [6, 6.07) is 8.77. The molecular weight excluding hydrogens is 368 g/mol. The number of thiazole rings is 1. The molecule has 3 rings (SSSR count). The molecule has 1 aromatic heterocycles. The molecule has 5 nitrogen and oxygen atoms in total. The minimum Gasteiger partial charge on any atom is -0.354 e. The van der Waals surface area contributed by atoms with Crippen molar-refractivity contribution in [3.63, 3.8) is 0 Å². The number of nitrogens with zero attached hydrogens (tertiary/aromatic N) is 3. The molecule has 6 heteroatoms. The van der Waals surface area contributed by atoms with Crippen LogP contribution in [0.1, 0.15) is 40.7 Å². The van der Waals surface area contributed by atoms with E-state index >= 15 is 0 Å². The highest BCUT2D eigenvalue weighted by Crippen LogP contribution is 2.21. The van der Waals surface area contributed by atoms with Crippen molar-refractivity contribution in [2.75, 3.05) is 33.7 Å². The maximum absolute atomic E-state index is 12.7. The van der Waals surface area contributed by atoms with Crippen molar-refractivity contribution in [3.05, 3.63) is 51.5 Å². The van der Waals surface area contributed by atoms with Crippen LogP contribution in [0.2, 0.25) is 0 Å². The SMILES string of the molecule is Cc1ccc(C(CNC(=O)C2CCN(Cc3csc(C)n3)CC2)N(C)C)cc1. The molecule has 0 aliphatic carbocycles. The molecule has 1 aliphatic heterocycles. The van der Waals surface area contributed by atoms with Gasteiger partial charge in [0.25, 0.3) is 0 Å². The van der Waals surface area contributed by atoms with Crippen molar-refractivity contribution in [2.45, 2.75) is 39.3 Å². The number of hydrogen-bond acceptors (Lipinski definition) is 5. The molecule has 1 fully saturated rings. The highest BCUT2D eigenvalue weighted by molar-refractivity contribution is 7.09. The first-order valence-corrected chi connectivity index (χ1v) is 10.9. The van der Waals surface area contributed by atoms with Crippen LogP contribution < -0.4 is 5.32 Å². The second-order valence-electron chi connectivity index (χ2n) is 8.04. The lowest BCUT2D eigenvalue weighted by atomic mass is 9.95. The average Bonchev–Trinajstić information content (AvgIpc) is 3.08. The third-order valence-corrected chi connectivity index (χ3v) is 6.39. The summed E-state index contributed by atoms with van der Waals surface area (Å²) in [7, 11) is 4.13. The predicted octanol–water partition coefficient (Wildman–Crippen LogP) is 3.39. The van der Waals surface area contributed by atoms with Gasteiger partial charge in [-0.05, 0) is 59.4 Å². The maximum Gasteiger partial charge on any atom is 0.223 e. The Bertz CT molecular complexity index is 763. The van der Waals surface area contributed by atoms with E-state index in [1.165, 1.54) is 11.1 Å². The fourth-order valence-corrected chi connectivity index (χ4v) is 4.40. The zero-order valence-corrected chi connectivity index (χ0v) is 18.3. The van der Waals surface area contributed by atoms with E-state index in [0.29, 0.717) is 6.54 Å². The van der Waals surface area contributed by atoms with Gasteiger partial charge in [-0.3, -0.25) is 9.69 Å². The summed E-state index contributed by atoms with van der Waals surface area (Å²) in [4.78, 5) is 21.9. The van der Waals surface area contributed by atoms with Crippen LogP contribution in [0.3, 0.4) is 0 Å². The van der Waals surface area contributed by atoms with Gasteiger partial charge in [0, 0.05) is 24.4 Å². The topological polar surface area (TPSA) is 48.5 Å². The zero-order valence-electron chi connectivity index (χ0n) is 17.4. The molecular formula is C22H32N4OS.